The van der Waals surface area contributed by atoms with Crippen molar-refractivity contribution in [2.75, 3.05) is 28.1 Å². The standard InChI is InChI=1S/C24H25NO6/c1-13-21-15(11-25(12-30-21)16-6-7-16)9-17-20(26)19(31-22(13)17)10-14-5-8-18(27-2)24(29-4)23(14)28-3/h5,8-10,16H,6-7,11-12H2,1-4H3/b19-10-. The molecule has 0 spiro atoms. The summed E-state index contributed by atoms with van der Waals surface area (Å²) in [5, 5.41) is 0. The highest BCUT2D eigenvalue weighted by Gasteiger charge is 2.37. The summed E-state index contributed by atoms with van der Waals surface area (Å²) in [6.45, 7) is 3.32. The van der Waals surface area contributed by atoms with Crippen molar-refractivity contribution in [3.8, 4) is 28.7 Å². The molecule has 0 radical (unpaired) electrons. The van der Waals surface area contributed by atoms with Crippen LogP contribution < -0.4 is 23.7 Å². The van der Waals surface area contributed by atoms with E-state index in [-0.39, 0.29) is 11.5 Å². The molecule has 2 aliphatic heterocycles. The van der Waals surface area contributed by atoms with Crippen LogP contribution in [0.5, 0.6) is 28.7 Å². The lowest BCUT2D eigenvalue weighted by molar-refractivity contribution is 0.0872. The van der Waals surface area contributed by atoms with Gasteiger partial charge in [0.2, 0.25) is 11.5 Å². The zero-order valence-electron chi connectivity index (χ0n) is 18.1. The molecule has 0 atom stereocenters. The second-order valence-corrected chi connectivity index (χ2v) is 7.98. The first kappa shape index (κ1) is 19.8. The lowest BCUT2D eigenvalue weighted by Crippen LogP contribution is -2.34. The van der Waals surface area contributed by atoms with Gasteiger partial charge in [0, 0.05) is 29.3 Å². The Labute approximate surface area is 181 Å². The summed E-state index contributed by atoms with van der Waals surface area (Å²) < 4.78 is 28.4. The van der Waals surface area contributed by atoms with Crippen molar-refractivity contribution in [2.24, 2.45) is 0 Å². The monoisotopic (exact) mass is 423 g/mol. The number of methoxy groups -OCH3 is 3. The van der Waals surface area contributed by atoms with Crippen LogP contribution >= 0.6 is 0 Å². The molecule has 0 bridgehead atoms. The van der Waals surface area contributed by atoms with Gasteiger partial charge in [-0.25, -0.2) is 0 Å². The quantitative estimate of drug-likeness (QED) is 0.675. The van der Waals surface area contributed by atoms with Crippen LogP contribution in [0.3, 0.4) is 0 Å². The molecule has 0 amide bonds. The molecule has 7 nitrogen and oxygen atoms in total. The summed E-state index contributed by atoms with van der Waals surface area (Å²) in [7, 11) is 4.66. The normalized spacial score (nSPS) is 18.8. The lowest BCUT2D eigenvalue weighted by atomic mass is 10.00. The van der Waals surface area contributed by atoms with Gasteiger partial charge < -0.3 is 23.7 Å². The molecule has 1 saturated carbocycles. The molecular formula is C24H25NO6. The Balaban J connectivity index is 1.52. The van der Waals surface area contributed by atoms with Gasteiger partial charge in [0.25, 0.3) is 0 Å². The van der Waals surface area contributed by atoms with Gasteiger partial charge in [-0.3, -0.25) is 9.69 Å². The molecule has 2 aromatic carbocycles. The Morgan fingerprint density at radius 2 is 1.84 bits per heavy atom. The first-order valence-corrected chi connectivity index (χ1v) is 10.3. The predicted molar refractivity (Wildman–Crippen MR) is 114 cm³/mol. The molecule has 5 rings (SSSR count). The number of benzene rings is 2. The molecule has 0 saturated heterocycles. The van der Waals surface area contributed by atoms with E-state index in [0.717, 1.165) is 23.4 Å². The number of ether oxygens (including phenoxy) is 5. The maximum absolute atomic E-state index is 13.2. The summed E-state index contributed by atoms with van der Waals surface area (Å²) in [4.78, 5) is 15.5. The number of carbonyl (C=O) groups is 1. The Morgan fingerprint density at radius 1 is 1.06 bits per heavy atom. The predicted octanol–water partition coefficient (Wildman–Crippen LogP) is 3.95. The van der Waals surface area contributed by atoms with Crippen LogP contribution in [0.2, 0.25) is 0 Å². The van der Waals surface area contributed by atoms with Crippen molar-refractivity contribution in [3.63, 3.8) is 0 Å². The number of rotatable bonds is 5. The number of hydrogen-bond donors (Lipinski definition) is 0. The number of allylic oxidation sites excluding steroid dienone is 1. The van der Waals surface area contributed by atoms with Crippen molar-refractivity contribution < 1.29 is 28.5 Å². The van der Waals surface area contributed by atoms with Crippen LogP contribution in [0.25, 0.3) is 6.08 Å². The number of nitrogens with zero attached hydrogens (tertiary/aromatic N) is 1. The van der Waals surface area contributed by atoms with E-state index >= 15 is 0 Å². The lowest BCUT2D eigenvalue weighted by Gasteiger charge is -2.30. The maximum Gasteiger partial charge on any atom is 0.231 e. The maximum atomic E-state index is 13.2. The molecule has 162 valence electrons. The molecular weight excluding hydrogens is 398 g/mol. The van der Waals surface area contributed by atoms with Crippen LogP contribution in [-0.4, -0.2) is 44.8 Å². The Morgan fingerprint density at radius 3 is 2.52 bits per heavy atom. The number of Topliss-reactive ketones (excluding diaryl/α,β-unsaturated/α-hetero) is 1. The number of ketones is 1. The van der Waals surface area contributed by atoms with E-state index in [1.165, 1.54) is 12.8 Å². The van der Waals surface area contributed by atoms with E-state index in [9.17, 15) is 4.79 Å². The summed E-state index contributed by atoms with van der Waals surface area (Å²) in [5.74, 6) is 2.96. The molecule has 3 aliphatic rings. The minimum absolute atomic E-state index is 0.152. The van der Waals surface area contributed by atoms with Crippen molar-refractivity contribution >= 4 is 11.9 Å². The van der Waals surface area contributed by atoms with Crippen LogP contribution in [0, 0.1) is 6.92 Å². The largest absolute Gasteiger partial charge is 0.493 e. The van der Waals surface area contributed by atoms with Crippen LogP contribution in [0.15, 0.2) is 24.0 Å². The van der Waals surface area contributed by atoms with Gasteiger partial charge in [-0.15, -0.1) is 0 Å². The van der Waals surface area contributed by atoms with Gasteiger partial charge in [-0.05, 0) is 44.0 Å². The van der Waals surface area contributed by atoms with Gasteiger partial charge >= 0.3 is 0 Å². The van der Waals surface area contributed by atoms with E-state index in [1.807, 2.05) is 13.0 Å². The number of fused-ring (bicyclic) bond motifs is 2. The molecule has 0 aromatic heterocycles. The van der Waals surface area contributed by atoms with Gasteiger partial charge in [-0.1, -0.05) is 0 Å². The number of carbonyl (C=O) groups excluding carboxylic acids is 1. The summed E-state index contributed by atoms with van der Waals surface area (Å²) in [6, 6.07) is 6.09. The Bertz CT molecular complexity index is 1100. The van der Waals surface area contributed by atoms with E-state index in [2.05, 4.69) is 4.90 Å². The minimum Gasteiger partial charge on any atom is -0.493 e. The van der Waals surface area contributed by atoms with Crippen molar-refractivity contribution in [3.05, 3.63) is 46.2 Å². The second-order valence-electron chi connectivity index (χ2n) is 7.98. The molecule has 0 unspecified atom stereocenters. The third kappa shape index (κ3) is 3.20. The van der Waals surface area contributed by atoms with Gasteiger partial charge in [0.1, 0.15) is 18.2 Å². The fourth-order valence-electron chi connectivity index (χ4n) is 4.32. The SMILES string of the molecule is COc1ccc(/C=C2\Oc3c(cc4c(c3C)OCN(C3CC3)C4)C2=O)c(OC)c1OC. The fourth-order valence-corrected chi connectivity index (χ4v) is 4.32. The average Bonchev–Trinajstić information content (AvgIpc) is 3.59. The van der Waals surface area contributed by atoms with E-state index in [0.29, 0.717) is 46.9 Å². The van der Waals surface area contributed by atoms with Gasteiger partial charge in [0.15, 0.2) is 17.3 Å². The first-order valence-electron chi connectivity index (χ1n) is 10.3. The molecule has 2 aromatic rings. The first-order chi connectivity index (χ1) is 15.0. The third-order valence-corrected chi connectivity index (χ3v) is 6.05. The average molecular weight is 423 g/mol. The highest BCUT2D eigenvalue weighted by atomic mass is 16.5. The van der Waals surface area contributed by atoms with Crippen molar-refractivity contribution in [1.82, 2.24) is 4.90 Å². The van der Waals surface area contributed by atoms with Crippen molar-refractivity contribution in [1.29, 1.82) is 0 Å². The smallest absolute Gasteiger partial charge is 0.231 e. The van der Waals surface area contributed by atoms with E-state index < -0.39 is 0 Å². The highest BCUT2D eigenvalue weighted by molar-refractivity contribution is 6.15. The van der Waals surface area contributed by atoms with Crippen molar-refractivity contribution in [2.45, 2.75) is 32.4 Å². The zero-order chi connectivity index (χ0) is 21.7. The van der Waals surface area contributed by atoms with Crippen LogP contribution in [0.1, 0.15) is 39.9 Å². The third-order valence-electron chi connectivity index (χ3n) is 6.05. The number of hydrogen-bond acceptors (Lipinski definition) is 7. The summed E-state index contributed by atoms with van der Waals surface area (Å²) in [5.41, 5.74) is 3.13. The Hall–Kier alpha value is -3.19. The van der Waals surface area contributed by atoms with Crippen LogP contribution in [-0.2, 0) is 6.54 Å². The molecule has 7 heteroatoms. The van der Waals surface area contributed by atoms with Crippen LogP contribution in [0.4, 0.5) is 0 Å². The zero-order valence-corrected chi connectivity index (χ0v) is 18.1. The second kappa shape index (κ2) is 7.50. The van der Waals surface area contributed by atoms with Gasteiger partial charge in [-0.2, -0.15) is 0 Å². The van der Waals surface area contributed by atoms with Gasteiger partial charge in [0.05, 0.1) is 26.9 Å². The fraction of sp³-hybridized carbons (Fsp3) is 0.375. The molecule has 0 N–H and O–H groups in total. The topological polar surface area (TPSA) is 66.5 Å². The Kier molecular flexibility index (Phi) is 4.78. The summed E-state index contributed by atoms with van der Waals surface area (Å²) >= 11 is 0. The van der Waals surface area contributed by atoms with E-state index in [1.54, 1.807) is 39.5 Å². The molecule has 2 heterocycles. The molecule has 1 aliphatic carbocycles. The molecule has 1 fully saturated rings. The molecule has 31 heavy (non-hydrogen) atoms. The van der Waals surface area contributed by atoms with E-state index in [4.69, 9.17) is 23.7 Å². The highest BCUT2D eigenvalue weighted by Crippen LogP contribution is 2.46. The minimum atomic E-state index is -0.152. The summed E-state index contributed by atoms with van der Waals surface area (Å²) in [6.07, 6.45) is 4.11.